The van der Waals surface area contributed by atoms with Gasteiger partial charge in [0.05, 0.1) is 0 Å². The van der Waals surface area contributed by atoms with Crippen LogP contribution in [0, 0.1) is 0 Å². The van der Waals surface area contributed by atoms with Gasteiger partial charge in [0.25, 0.3) is 0 Å². The molecule has 0 aliphatic carbocycles. The molecule has 0 radical (unpaired) electrons. The predicted molar refractivity (Wildman–Crippen MR) is 138 cm³/mol. The molecule has 180 valence electrons. The minimum Gasteiger partial charge on any atom is -0.418 e. The van der Waals surface area contributed by atoms with E-state index in [1.54, 1.807) is 13.8 Å². The van der Waals surface area contributed by atoms with Crippen LogP contribution in [0.15, 0.2) is 121 Å². The fourth-order valence-electron chi connectivity index (χ4n) is 2.76. The van der Waals surface area contributed by atoms with E-state index in [0.29, 0.717) is 23.0 Å². The van der Waals surface area contributed by atoms with Crippen molar-refractivity contribution in [1.29, 1.82) is 0 Å². The highest BCUT2D eigenvalue weighted by Crippen LogP contribution is 2.50. The van der Waals surface area contributed by atoms with Gasteiger partial charge in [-0.25, -0.2) is 0 Å². The number of rotatable bonds is 12. The molecule has 0 fully saturated rings. The molecule has 0 bridgehead atoms. The molecule has 0 aliphatic rings. The van der Waals surface area contributed by atoms with Gasteiger partial charge in [-0.1, -0.05) is 72.8 Å². The smallest absolute Gasteiger partial charge is 0.418 e. The summed E-state index contributed by atoms with van der Waals surface area (Å²) in [4.78, 5) is 0. The first-order valence-electron chi connectivity index (χ1n) is 11.0. The van der Waals surface area contributed by atoms with Crippen molar-refractivity contribution in [2.45, 2.75) is 19.6 Å². The molecule has 6 nitrogen and oxygen atoms in total. The fraction of sp³-hybridized carbons (Fsp3) is 0.111. The largest absolute Gasteiger partial charge is 0.465 e. The first-order valence-corrected chi connectivity index (χ1v) is 13.2. The van der Waals surface area contributed by atoms with E-state index in [0.717, 1.165) is 0 Å². The van der Waals surface area contributed by atoms with E-state index < -0.39 is 23.0 Å². The van der Waals surface area contributed by atoms with Crippen molar-refractivity contribution < 1.29 is 27.1 Å². The first kappa shape index (κ1) is 25.0. The molecule has 0 heterocycles. The molecule has 0 aromatic heterocycles. The van der Waals surface area contributed by atoms with Crippen molar-refractivity contribution in [2.24, 2.45) is 0 Å². The molecule has 0 N–H and O–H groups in total. The number of hydrogen-bond donors (Lipinski definition) is 0. The van der Waals surface area contributed by atoms with E-state index in [1.165, 1.54) is 0 Å². The van der Waals surface area contributed by atoms with Crippen molar-refractivity contribution in [3.05, 3.63) is 121 Å². The minimum atomic E-state index is -1.88. The highest BCUT2D eigenvalue weighted by molar-refractivity contribution is 7.43. The van der Waals surface area contributed by atoms with Crippen LogP contribution in [0.4, 0.5) is 0 Å². The van der Waals surface area contributed by atoms with E-state index in [9.17, 15) is 0 Å². The summed E-state index contributed by atoms with van der Waals surface area (Å²) in [7, 11) is -3.75. The van der Waals surface area contributed by atoms with Gasteiger partial charge in [0.1, 0.15) is 23.0 Å². The van der Waals surface area contributed by atoms with Crippen LogP contribution in [0.2, 0.25) is 0 Å². The van der Waals surface area contributed by atoms with E-state index in [1.807, 2.05) is 121 Å². The summed E-state index contributed by atoms with van der Waals surface area (Å²) in [6.07, 6.45) is 0. The van der Waals surface area contributed by atoms with Crippen LogP contribution >= 0.6 is 17.2 Å². The molecule has 4 aromatic rings. The zero-order chi connectivity index (χ0) is 24.3. The lowest BCUT2D eigenvalue weighted by Gasteiger charge is -2.30. The van der Waals surface area contributed by atoms with Crippen molar-refractivity contribution in [3.8, 4) is 23.0 Å². The summed E-state index contributed by atoms with van der Waals surface area (Å²) >= 11 is 0. The van der Waals surface area contributed by atoms with Crippen molar-refractivity contribution in [3.63, 3.8) is 0 Å². The topological polar surface area (TPSA) is 55.4 Å². The summed E-state index contributed by atoms with van der Waals surface area (Å²) in [5.41, 5.74) is 0. The van der Waals surface area contributed by atoms with Crippen LogP contribution in [0.1, 0.15) is 13.8 Å². The van der Waals surface area contributed by atoms with Gasteiger partial charge in [0.2, 0.25) is 0 Å². The predicted octanol–water partition coefficient (Wildman–Crippen LogP) is 8.53. The monoisotopic (exact) mass is 508 g/mol. The molecule has 0 spiro atoms. The lowest BCUT2D eigenvalue weighted by atomic mass is 10.3. The summed E-state index contributed by atoms with van der Waals surface area (Å²) in [6.45, 7) is 3.53. The average molecular weight is 508 g/mol. The highest BCUT2D eigenvalue weighted by Gasteiger charge is 2.36. The molecular weight excluding hydrogens is 482 g/mol. The van der Waals surface area contributed by atoms with Crippen LogP contribution in [-0.2, 0) is 9.05 Å². The maximum Gasteiger partial charge on any atom is 0.465 e. The van der Waals surface area contributed by atoms with Crippen LogP contribution in [0.25, 0.3) is 0 Å². The zero-order valence-electron chi connectivity index (χ0n) is 19.4. The molecule has 0 atom stereocenters. The summed E-state index contributed by atoms with van der Waals surface area (Å²) in [5.74, 6) is 1.30. The highest BCUT2D eigenvalue weighted by atomic mass is 31.2. The van der Waals surface area contributed by atoms with Crippen molar-refractivity contribution in [1.82, 2.24) is 0 Å². The Morgan fingerprint density at radius 3 is 0.857 bits per heavy atom. The Morgan fingerprint density at radius 2 is 0.629 bits per heavy atom. The van der Waals surface area contributed by atoms with Crippen molar-refractivity contribution >= 4 is 17.2 Å². The average Bonchev–Trinajstić information content (AvgIpc) is 2.86. The SMILES string of the molecule is CC(C)(OP(Oc1ccccc1)Oc1ccccc1)OP(Oc1ccccc1)Oc1ccccc1. The maximum absolute atomic E-state index is 6.21. The minimum absolute atomic E-state index is 0.619. The Balaban J connectivity index is 1.50. The van der Waals surface area contributed by atoms with Crippen molar-refractivity contribution in [2.75, 3.05) is 0 Å². The molecule has 4 rings (SSSR count). The molecule has 35 heavy (non-hydrogen) atoms. The van der Waals surface area contributed by atoms with Crippen LogP contribution < -0.4 is 18.1 Å². The third kappa shape index (κ3) is 8.54. The van der Waals surface area contributed by atoms with Gasteiger partial charge in [-0.3, -0.25) is 9.05 Å². The molecular formula is C27H26O6P2. The molecule has 0 unspecified atom stereocenters. The zero-order valence-corrected chi connectivity index (χ0v) is 21.2. The van der Waals surface area contributed by atoms with Gasteiger partial charge < -0.3 is 18.1 Å². The molecule has 4 aromatic carbocycles. The number of para-hydroxylation sites is 4. The normalized spacial score (nSPS) is 11.3. The Morgan fingerprint density at radius 1 is 0.400 bits per heavy atom. The molecule has 0 aliphatic heterocycles. The summed E-state index contributed by atoms with van der Waals surface area (Å²) < 4.78 is 36.6. The number of benzene rings is 4. The third-order valence-electron chi connectivity index (χ3n) is 4.28. The van der Waals surface area contributed by atoms with E-state index in [-0.39, 0.29) is 0 Å². The van der Waals surface area contributed by atoms with Gasteiger partial charge in [-0.05, 0) is 62.4 Å². The standard InChI is InChI=1S/C27H26O6P2/c1-27(2,32-34(28-23-15-7-3-8-16-23)29-24-17-9-4-10-18-24)33-35(30-25-19-11-5-12-20-25)31-26-21-13-6-14-22-26/h3-22H,1-2H3. The molecule has 8 heteroatoms. The second-order valence-corrected chi connectivity index (χ2v) is 9.64. The molecule has 0 saturated heterocycles. The second kappa shape index (κ2) is 12.5. The Hall–Kier alpha value is -3.14. The summed E-state index contributed by atoms with van der Waals surface area (Å²) in [6, 6.07) is 37.4. The fourth-order valence-corrected chi connectivity index (χ4v) is 5.01. The number of hydrogen-bond acceptors (Lipinski definition) is 6. The van der Waals surface area contributed by atoms with Gasteiger partial charge in [0.15, 0.2) is 5.79 Å². The Bertz CT molecular complexity index is 957. The van der Waals surface area contributed by atoms with Crippen LogP contribution in [-0.4, -0.2) is 5.79 Å². The Kier molecular flexibility index (Phi) is 8.94. The molecule has 0 amide bonds. The second-order valence-electron chi connectivity index (χ2n) is 7.65. The van der Waals surface area contributed by atoms with Gasteiger partial charge in [0, 0.05) is 0 Å². The summed E-state index contributed by atoms with van der Waals surface area (Å²) in [5, 5.41) is 0. The van der Waals surface area contributed by atoms with Gasteiger partial charge in [-0.2, -0.15) is 0 Å². The lowest BCUT2D eigenvalue weighted by molar-refractivity contribution is -0.0886. The lowest BCUT2D eigenvalue weighted by Crippen LogP contribution is -2.27. The van der Waals surface area contributed by atoms with E-state index in [4.69, 9.17) is 27.1 Å². The third-order valence-corrected chi connectivity index (χ3v) is 6.90. The van der Waals surface area contributed by atoms with E-state index >= 15 is 0 Å². The van der Waals surface area contributed by atoms with Gasteiger partial charge in [-0.15, -0.1) is 0 Å². The molecule has 0 saturated carbocycles. The van der Waals surface area contributed by atoms with Crippen LogP contribution in [0.3, 0.4) is 0 Å². The maximum atomic E-state index is 6.21. The first-order chi connectivity index (χ1) is 17.1. The Labute approximate surface area is 208 Å². The van der Waals surface area contributed by atoms with Crippen LogP contribution in [0.5, 0.6) is 23.0 Å². The quantitative estimate of drug-likeness (QED) is 0.141. The van der Waals surface area contributed by atoms with Gasteiger partial charge >= 0.3 is 17.2 Å². The van der Waals surface area contributed by atoms with E-state index in [2.05, 4.69) is 0 Å².